The first-order chi connectivity index (χ1) is 11.8. The molecule has 0 bridgehead atoms. The van der Waals surface area contributed by atoms with Crippen LogP contribution in [-0.2, 0) is 4.79 Å². The van der Waals surface area contributed by atoms with Crippen molar-refractivity contribution in [3.05, 3.63) is 72.9 Å². The summed E-state index contributed by atoms with van der Waals surface area (Å²) in [4.78, 5) is 10.3. The number of carboxylic acids is 1. The van der Waals surface area contributed by atoms with Crippen LogP contribution < -0.4 is 0 Å². The molecule has 0 fully saturated rings. The van der Waals surface area contributed by atoms with Crippen molar-refractivity contribution in [1.29, 1.82) is 0 Å². The van der Waals surface area contributed by atoms with E-state index in [1.54, 1.807) is 0 Å². The summed E-state index contributed by atoms with van der Waals surface area (Å²) in [5.74, 6) is -0.741. The van der Waals surface area contributed by atoms with Crippen LogP contribution in [0.5, 0.6) is 0 Å². The van der Waals surface area contributed by atoms with Gasteiger partial charge in [0.2, 0.25) is 0 Å². The Morgan fingerprint density at radius 2 is 0.958 bits per heavy atom. The highest BCUT2D eigenvalue weighted by Crippen LogP contribution is 1.97. The van der Waals surface area contributed by atoms with Gasteiger partial charge in [0.25, 0.3) is 0 Å². The highest BCUT2D eigenvalue weighted by molar-refractivity contribution is 5.66. The monoisotopic (exact) mass is 328 g/mol. The van der Waals surface area contributed by atoms with Crippen LogP contribution in [0, 0.1) is 0 Å². The van der Waals surface area contributed by atoms with Gasteiger partial charge in [-0.05, 0) is 44.9 Å². The Labute approximate surface area is 147 Å². The van der Waals surface area contributed by atoms with E-state index in [9.17, 15) is 4.79 Å². The van der Waals surface area contributed by atoms with E-state index in [1.807, 2.05) is 12.2 Å². The molecule has 0 aliphatic carbocycles. The summed E-state index contributed by atoms with van der Waals surface area (Å²) in [7, 11) is 0. The zero-order chi connectivity index (χ0) is 17.7. The first kappa shape index (κ1) is 21.9. The maximum Gasteiger partial charge on any atom is 0.303 e. The zero-order valence-electron chi connectivity index (χ0n) is 14.9. The lowest BCUT2D eigenvalue weighted by atomic mass is 10.2. The first-order valence-electron chi connectivity index (χ1n) is 8.89. The van der Waals surface area contributed by atoms with Crippen LogP contribution in [-0.4, -0.2) is 11.1 Å². The van der Waals surface area contributed by atoms with Crippen LogP contribution >= 0.6 is 0 Å². The SMILES string of the molecule is CC/C=C/C/C=C\C/C=C\C/C=C/C/C=C/C/C=C\CCC(=O)O. The molecule has 0 spiro atoms. The van der Waals surface area contributed by atoms with E-state index in [0.29, 0.717) is 6.42 Å². The van der Waals surface area contributed by atoms with Crippen molar-refractivity contribution < 1.29 is 9.90 Å². The largest absolute Gasteiger partial charge is 0.481 e. The fraction of sp³-hybridized carbons (Fsp3) is 0.409. The third-order valence-electron chi connectivity index (χ3n) is 3.12. The standard InChI is InChI=1S/C22H32O2/c1-2-3-4-5-6-7-8-9-10-11-12-13-14-15-16-17-18-19-20-21-22(23)24/h3-4,6-7,9-10,12-13,15-16,18-19H,2,5,8,11,14,17,20-21H2,1H3,(H,23,24)/b4-3+,7-6-,10-9-,13-12+,16-15+,19-18-. The van der Waals surface area contributed by atoms with Gasteiger partial charge < -0.3 is 5.11 Å². The number of rotatable bonds is 14. The van der Waals surface area contributed by atoms with Crippen LogP contribution in [0.2, 0.25) is 0 Å². The molecule has 0 unspecified atom stereocenters. The number of allylic oxidation sites excluding steroid dienone is 12. The van der Waals surface area contributed by atoms with E-state index in [4.69, 9.17) is 5.11 Å². The van der Waals surface area contributed by atoms with Gasteiger partial charge in [-0.25, -0.2) is 0 Å². The van der Waals surface area contributed by atoms with Crippen molar-refractivity contribution in [2.75, 3.05) is 0 Å². The molecular formula is C22H32O2. The van der Waals surface area contributed by atoms with Gasteiger partial charge in [-0.3, -0.25) is 4.79 Å². The van der Waals surface area contributed by atoms with Crippen molar-refractivity contribution in [1.82, 2.24) is 0 Å². The molecule has 2 heteroatoms. The quantitative estimate of drug-likeness (QED) is 0.367. The highest BCUT2D eigenvalue weighted by atomic mass is 16.4. The van der Waals surface area contributed by atoms with E-state index < -0.39 is 5.97 Å². The summed E-state index contributed by atoms with van der Waals surface area (Å²) < 4.78 is 0. The first-order valence-corrected chi connectivity index (χ1v) is 8.89. The molecule has 0 aromatic heterocycles. The molecule has 0 aromatic carbocycles. The second-order valence-electron chi connectivity index (χ2n) is 5.35. The lowest BCUT2D eigenvalue weighted by molar-refractivity contribution is -0.136. The molecule has 0 aliphatic heterocycles. The van der Waals surface area contributed by atoms with Crippen LogP contribution in [0.3, 0.4) is 0 Å². The molecule has 0 aliphatic rings. The fourth-order valence-corrected chi connectivity index (χ4v) is 1.85. The molecule has 0 saturated heterocycles. The minimum atomic E-state index is -0.741. The Balaban J connectivity index is 3.51. The Hall–Kier alpha value is -2.09. The lowest BCUT2D eigenvalue weighted by Crippen LogP contribution is -1.91. The van der Waals surface area contributed by atoms with E-state index in [1.165, 1.54) is 0 Å². The summed E-state index contributed by atoms with van der Waals surface area (Å²) in [6.45, 7) is 2.15. The average molecular weight is 328 g/mol. The second kappa shape index (κ2) is 19.0. The maximum atomic E-state index is 10.3. The summed E-state index contributed by atoms with van der Waals surface area (Å²) in [5, 5.41) is 8.49. The van der Waals surface area contributed by atoms with E-state index in [2.05, 4.69) is 67.7 Å². The van der Waals surface area contributed by atoms with Gasteiger partial charge in [0.15, 0.2) is 0 Å². The Bertz CT molecular complexity index is 462. The van der Waals surface area contributed by atoms with E-state index >= 15 is 0 Å². The third kappa shape index (κ3) is 19.9. The van der Waals surface area contributed by atoms with Crippen molar-refractivity contribution in [3.63, 3.8) is 0 Å². The summed E-state index contributed by atoms with van der Waals surface area (Å²) in [6.07, 6.45) is 32.5. The van der Waals surface area contributed by atoms with Gasteiger partial charge >= 0.3 is 5.97 Å². The van der Waals surface area contributed by atoms with Gasteiger partial charge in [-0.15, -0.1) is 0 Å². The Morgan fingerprint density at radius 1 is 0.625 bits per heavy atom. The number of aliphatic carboxylic acids is 1. The Kier molecular flexibility index (Phi) is 17.3. The summed E-state index contributed by atoms with van der Waals surface area (Å²) >= 11 is 0. The molecule has 0 heterocycles. The zero-order valence-corrected chi connectivity index (χ0v) is 14.9. The second-order valence-corrected chi connectivity index (χ2v) is 5.35. The van der Waals surface area contributed by atoms with Gasteiger partial charge in [0.05, 0.1) is 0 Å². The molecule has 24 heavy (non-hydrogen) atoms. The number of carbonyl (C=O) groups is 1. The van der Waals surface area contributed by atoms with Crippen molar-refractivity contribution >= 4 is 5.97 Å². The summed E-state index contributed by atoms with van der Waals surface area (Å²) in [5.41, 5.74) is 0. The topological polar surface area (TPSA) is 37.3 Å². The molecule has 2 nitrogen and oxygen atoms in total. The van der Waals surface area contributed by atoms with Gasteiger partial charge in [0, 0.05) is 6.42 Å². The lowest BCUT2D eigenvalue weighted by Gasteiger charge is -1.87. The maximum absolute atomic E-state index is 10.3. The molecule has 132 valence electrons. The fourth-order valence-electron chi connectivity index (χ4n) is 1.85. The molecule has 0 saturated carbocycles. The Morgan fingerprint density at radius 3 is 1.29 bits per heavy atom. The molecule has 1 N–H and O–H groups in total. The van der Waals surface area contributed by atoms with Crippen LogP contribution in [0.4, 0.5) is 0 Å². The van der Waals surface area contributed by atoms with E-state index in [0.717, 1.165) is 38.5 Å². The third-order valence-corrected chi connectivity index (χ3v) is 3.12. The number of carboxylic acid groups (broad SMARTS) is 1. The molecular weight excluding hydrogens is 296 g/mol. The minimum absolute atomic E-state index is 0.210. The normalized spacial score (nSPS) is 13.0. The predicted molar refractivity (Wildman–Crippen MR) is 105 cm³/mol. The summed E-state index contributed by atoms with van der Waals surface area (Å²) in [6, 6.07) is 0. The van der Waals surface area contributed by atoms with Crippen molar-refractivity contribution in [3.8, 4) is 0 Å². The van der Waals surface area contributed by atoms with Crippen LogP contribution in [0.15, 0.2) is 72.9 Å². The van der Waals surface area contributed by atoms with E-state index in [-0.39, 0.29) is 6.42 Å². The van der Waals surface area contributed by atoms with Crippen molar-refractivity contribution in [2.45, 2.75) is 58.3 Å². The molecule has 0 rings (SSSR count). The number of hydrogen-bond acceptors (Lipinski definition) is 1. The smallest absolute Gasteiger partial charge is 0.303 e. The van der Waals surface area contributed by atoms with Crippen LogP contribution in [0.25, 0.3) is 0 Å². The highest BCUT2D eigenvalue weighted by Gasteiger charge is 1.90. The van der Waals surface area contributed by atoms with Crippen LogP contribution in [0.1, 0.15) is 58.3 Å². The van der Waals surface area contributed by atoms with Gasteiger partial charge in [-0.2, -0.15) is 0 Å². The number of hydrogen-bond donors (Lipinski definition) is 1. The molecule has 0 aromatic rings. The average Bonchev–Trinajstić information content (AvgIpc) is 2.56. The predicted octanol–water partition coefficient (Wildman–Crippen LogP) is 6.55. The molecule has 0 radical (unpaired) electrons. The molecule has 0 atom stereocenters. The van der Waals surface area contributed by atoms with Gasteiger partial charge in [0.1, 0.15) is 0 Å². The minimum Gasteiger partial charge on any atom is -0.481 e. The van der Waals surface area contributed by atoms with Crippen molar-refractivity contribution in [2.24, 2.45) is 0 Å². The molecule has 0 amide bonds. The van der Waals surface area contributed by atoms with Gasteiger partial charge in [-0.1, -0.05) is 79.8 Å².